The number of aliphatic carboxylic acids is 1. The number of aliphatic hydroxyl groups is 1. The summed E-state index contributed by atoms with van der Waals surface area (Å²) in [5.74, 6) is -6.73. The molecule has 3 aliphatic heterocycles. The summed E-state index contributed by atoms with van der Waals surface area (Å²) in [4.78, 5) is 149. The lowest BCUT2D eigenvalue weighted by atomic mass is 9.81. The number of benzene rings is 2. The van der Waals surface area contributed by atoms with Gasteiger partial charge in [-0.3, -0.25) is 57.7 Å². The summed E-state index contributed by atoms with van der Waals surface area (Å²) in [5.41, 5.74) is 1.67. The van der Waals surface area contributed by atoms with Crippen molar-refractivity contribution in [3.63, 3.8) is 0 Å². The van der Waals surface area contributed by atoms with Gasteiger partial charge in [0.15, 0.2) is 17.2 Å². The summed E-state index contributed by atoms with van der Waals surface area (Å²) in [6, 6.07) is 11.1. The van der Waals surface area contributed by atoms with Gasteiger partial charge in [-0.25, -0.2) is 14.2 Å². The maximum absolute atomic E-state index is 15.5. The van der Waals surface area contributed by atoms with Crippen molar-refractivity contribution in [1.82, 2.24) is 35.3 Å². The molecule has 22 heteroatoms. The van der Waals surface area contributed by atoms with Crippen LogP contribution in [0.15, 0.2) is 47.3 Å². The smallest absolute Gasteiger partial charge is 0.343 e. The van der Waals surface area contributed by atoms with E-state index in [2.05, 4.69) is 16.0 Å². The highest BCUT2D eigenvalue weighted by Gasteiger charge is 2.46. The van der Waals surface area contributed by atoms with E-state index in [4.69, 9.17) is 9.72 Å². The molecule has 1 unspecified atom stereocenters. The fourth-order valence-electron chi connectivity index (χ4n) is 11.5. The van der Waals surface area contributed by atoms with Gasteiger partial charge in [0.2, 0.25) is 29.5 Å². The molecule has 2 aromatic heterocycles. The van der Waals surface area contributed by atoms with E-state index in [1.807, 2.05) is 0 Å². The number of imide groups is 1. The predicted octanol–water partition coefficient (Wildman–Crippen LogP) is 3.72. The molecule has 5 N–H and O–H groups in total. The van der Waals surface area contributed by atoms with Gasteiger partial charge in [-0.05, 0) is 86.7 Å². The number of carbonyl (C=O) groups excluding carboxylic acids is 9. The lowest BCUT2D eigenvalue weighted by Gasteiger charge is -2.31. The van der Waals surface area contributed by atoms with Gasteiger partial charge in [-0.15, -0.1) is 0 Å². The zero-order chi connectivity index (χ0) is 58.3. The Hall–Kier alpha value is -7.85. The topological polar surface area (TPSA) is 298 Å². The molecule has 0 radical (unpaired) electrons. The van der Waals surface area contributed by atoms with Crippen LogP contribution < -0.4 is 21.5 Å². The number of cyclic esters (lactones) is 1. The van der Waals surface area contributed by atoms with Crippen molar-refractivity contribution in [1.29, 1.82) is 0 Å². The van der Waals surface area contributed by atoms with Crippen LogP contribution in [0, 0.1) is 24.6 Å². The van der Waals surface area contributed by atoms with E-state index < -0.39 is 70.9 Å². The monoisotopic (exact) mass is 1120 g/mol. The van der Waals surface area contributed by atoms with Crippen molar-refractivity contribution in [2.45, 2.75) is 135 Å². The fraction of sp³-hybridized carbons (Fsp3) is 0.492. The Labute approximate surface area is 466 Å². The fourth-order valence-corrected chi connectivity index (χ4v) is 11.5. The Morgan fingerprint density at radius 2 is 1.62 bits per heavy atom. The Morgan fingerprint density at radius 3 is 2.33 bits per heavy atom. The van der Waals surface area contributed by atoms with Gasteiger partial charge in [0.1, 0.15) is 18.2 Å². The number of fused-ring (bicyclic) bond motifs is 5. The van der Waals surface area contributed by atoms with Crippen LogP contribution in [-0.4, -0.2) is 128 Å². The van der Waals surface area contributed by atoms with Crippen molar-refractivity contribution in [3.05, 3.63) is 97.6 Å². The van der Waals surface area contributed by atoms with Crippen LogP contribution in [0.4, 0.5) is 4.39 Å². The molecule has 1 saturated heterocycles. The van der Waals surface area contributed by atoms with E-state index in [1.165, 1.54) is 20.4 Å². The molecule has 4 aromatic rings. The number of Topliss-reactive ketones (excluding diaryl/α,β-unsaturated/α-hetero) is 3. The first-order valence-electron chi connectivity index (χ1n) is 27.7. The number of nitrogens with zero attached hydrogens (tertiary/aromatic N) is 4. The number of ketones is 3. The number of hydrogen-bond donors (Lipinski definition) is 5. The Kier molecular flexibility index (Phi) is 18.8. The summed E-state index contributed by atoms with van der Waals surface area (Å²) in [6.45, 7) is 3.31. The molecule has 5 amide bonds. The predicted molar refractivity (Wildman–Crippen MR) is 289 cm³/mol. The first kappa shape index (κ1) is 59.3. The van der Waals surface area contributed by atoms with Crippen LogP contribution in [-0.2, 0) is 84.3 Å². The Balaban J connectivity index is 0.828. The molecule has 0 spiro atoms. The van der Waals surface area contributed by atoms with Crippen LogP contribution in [0.25, 0.3) is 22.3 Å². The number of unbranched alkanes of at least 4 members (excludes halogenated alkanes) is 2. The van der Waals surface area contributed by atoms with Gasteiger partial charge >= 0.3 is 11.9 Å². The number of likely N-dealkylation sites (tertiary alicyclic amines) is 1. The van der Waals surface area contributed by atoms with E-state index >= 15 is 4.39 Å². The maximum atomic E-state index is 15.5. The van der Waals surface area contributed by atoms with Crippen LogP contribution in [0.1, 0.15) is 136 Å². The van der Waals surface area contributed by atoms with Crippen molar-refractivity contribution in [2.24, 2.45) is 11.8 Å². The van der Waals surface area contributed by atoms with Gasteiger partial charge in [-0.2, -0.15) is 0 Å². The maximum Gasteiger partial charge on any atom is 0.343 e. The highest BCUT2D eigenvalue weighted by atomic mass is 19.1. The number of pyridine rings is 2. The second kappa shape index (κ2) is 25.7. The molecule has 81 heavy (non-hydrogen) atoms. The Bertz CT molecular complexity index is 3270. The van der Waals surface area contributed by atoms with Crippen LogP contribution >= 0.6 is 0 Å². The number of halogens is 1. The lowest BCUT2D eigenvalue weighted by Crippen LogP contribution is -2.44. The lowest BCUT2D eigenvalue weighted by molar-refractivity contribution is -0.172. The van der Waals surface area contributed by atoms with Crippen molar-refractivity contribution >= 4 is 69.7 Å². The molecule has 0 saturated carbocycles. The minimum atomic E-state index is -2.08. The third kappa shape index (κ3) is 13.5. The number of amides is 5. The third-order valence-corrected chi connectivity index (χ3v) is 15.9. The number of aromatic nitrogens is 2. The Morgan fingerprint density at radius 1 is 0.877 bits per heavy atom. The average molecular weight is 1120 g/mol. The number of esters is 1. The number of carboxylic acids is 1. The highest BCUT2D eigenvalue weighted by molar-refractivity contribution is 6.03. The number of carboxylic acid groups (broad SMARTS) is 1. The molecular weight excluding hydrogens is 1050 g/mol. The molecule has 0 bridgehead atoms. The molecule has 2 aromatic carbocycles. The third-order valence-electron chi connectivity index (χ3n) is 15.9. The minimum Gasteiger partial charge on any atom is -0.480 e. The van der Waals surface area contributed by atoms with E-state index in [-0.39, 0.29) is 143 Å². The molecule has 1 aliphatic carbocycles. The summed E-state index contributed by atoms with van der Waals surface area (Å²) >= 11 is 0. The van der Waals surface area contributed by atoms with Gasteiger partial charge in [0, 0.05) is 79.5 Å². The summed E-state index contributed by atoms with van der Waals surface area (Å²) in [7, 11) is 0. The standard InChI is InChI=1S/C59H68FN7O14/c1-4-59(80)43-25-47-54-41(29-67(47)57(78)42(43)32-81-58(59)79)53-45(18-17-40-34(3)44(60)26-46(64-54)52(40)53)63-49(72)30-65(31-51(74)75)20-11-15-38(69)27-62-55(76)36(23-35-12-7-5-8-13-35)24-39(70)28-61-48(71)19-16-37(68)14-9-6-10-21-66-50(73)22-33(2)56(66)77/h5,7-8,12-13,25-26,33,36,45,80H,4,6,9-11,14-24,27-32H2,1-3H3,(H,61,71)(H,62,76)(H,63,72)(H,74,75)/t33?,36-,45+,59+/m1/s1. The zero-order valence-corrected chi connectivity index (χ0v) is 45.8. The number of hydrogen-bond acceptors (Lipinski definition) is 15. The molecular formula is C59H68FN7O14. The van der Waals surface area contributed by atoms with Crippen LogP contribution in [0.2, 0.25) is 0 Å². The SMILES string of the molecule is CC[C@@]1(O)C(=O)OCc2c1cc1n(c2=O)Cc2c-1nc1cc(F)c(C)c3c1c2[C@@H](NC(=O)CN(CCCC(=O)CNC(=O)[C@@H](CC(=O)CNC(=O)CCC(=O)CCCCCN1C(=O)CC(C)C1=O)Cc1ccccc1)CC(=O)O)CC3. The summed E-state index contributed by atoms with van der Waals surface area (Å²) in [6.07, 6.45) is 2.60. The van der Waals surface area contributed by atoms with E-state index in [9.17, 15) is 63.0 Å². The number of aryl methyl sites for hydroxylation is 1. The number of carbonyl (C=O) groups is 10. The van der Waals surface area contributed by atoms with Crippen molar-refractivity contribution < 1.29 is 67.3 Å². The molecule has 21 nitrogen and oxygen atoms in total. The second-order valence-corrected chi connectivity index (χ2v) is 21.7. The molecule has 430 valence electrons. The average Bonchev–Trinajstić information content (AvgIpc) is 4.19. The molecule has 8 rings (SSSR count). The van der Waals surface area contributed by atoms with Crippen LogP contribution in [0.3, 0.4) is 0 Å². The molecule has 4 aliphatic rings. The van der Waals surface area contributed by atoms with Crippen molar-refractivity contribution in [3.8, 4) is 11.4 Å². The first-order valence-corrected chi connectivity index (χ1v) is 27.7. The minimum absolute atomic E-state index is 0.0110. The van der Waals surface area contributed by atoms with Gasteiger partial charge < -0.3 is 35.5 Å². The van der Waals surface area contributed by atoms with E-state index in [0.29, 0.717) is 77.7 Å². The van der Waals surface area contributed by atoms with E-state index in [0.717, 1.165) is 5.56 Å². The molecule has 5 heterocycles. The van der Waals surface area contributed by atoms with Crippen molar-refractivity contribution in [2.75, 3.05) is 39.3 Å². The van der Waals surface area contributed by atoms with Gasteiger partial charge in [0.25, 0.3) is 5.56 Å². The number of rotatable bonds is 28. The highest BCUT2D eigenvalue weighted by Crippen LogP contribution is 2.46. The van der Waals surface area contributed by atoms with Crippen LogP contribution in [0.5, 0.6) is 0 Å². The van der Waals surface area contributed by atoms with Gasteiger partial charge in [-0.1, -0.05) is 50.6 Å². The number of nitrogens with one attached hydrogen (secondary N) is 3. The summed E-state index contributed by atoms with van der Waals surface area (Å²) < 4.78 is 22.2. The number of ether oxygens (including phenoxy) is 1. The quantitative estimate of drug-likeness (QED) is 0.0271. The zero-order valence-electron chi connectivity index (χ0n) is 45.8. The van der Waals surface area contributed by atoms with Gasteiger partial charge in [0.05, 0.1) is 61.2 Å². The molecule has 1 fully saturated rings. The largest absolute Gasteiger partial charge is 0.480 e. The second-order valence-electron chi connectivity index (χ2n) is 21.7. The first-order chi connectivity index (χ1) is 38.7. The summed E-state index contributed by atoms with van der Waals surface area (Å²) in [5, 5.41) is 30.1. The molecule has 4 atom stereocenters. The normalized spacial score (nSPS) is 18.2. The van der Waals surface area contributed by atoms with E-state index in [1.54, 1.807) is 57.2 Å².